The van der Waals surface area contributed by atoms with Gasteiger partial charge in [-0.15, -0.1) is 0 Å². The molecule has 3 fully saturated rings. The highest BCUT2D eigenvalue weighted by atomic mass is 35.5. The molecule has 10 nitrogen and oxygen atoms in total. The van der Waals surface area contributed by atoms with E-state index < -0.39 is 69.4 Å². The van der Waals surface area contributed by atoms with E-state index in [2.05, 4.69) is 0 Å². The lowest BCUT2D eigenvalue weighted by Crippen LogP contribution is -2.48. The van der Waals surface area contributed by atoms with Crippen molar-refractivity contribution in [1.82, 2.24) is 0 Å². The Morgan fingerprint density at radius 1 is 0.898 bits per heavy atom. The van der Waals surface area contributed by atoms with Crippen LogP contribution in [0.3, 0.4) is 0 Å². The van der Waals surface area contributed by atoms with E-state index in [1.54, 1.807) is 25.1 Å². The van der Waals surface area contributed by atoms with E-state index >= 15 is 0 Å². The first-order valence-corrected chi connectivity index (χ1v) is 16.2. The summed E-state index contributed by atoms with van der Waals surface area (Å²) in [7, 11) is 0. The molecule has 1 saturated carbocycles. The van der Waals surface area contributed by atoms with Crippen molar-refractivity contribution in [1.29, 1.82) is 0 Å². The Balaban J connectivity index is 1.28. The zero-order valence-corrected chi connectivity index (χ0v) is 26.6. The minimum atomic E-state index is -1.43. The van der Waals surface area contributed by atoms with Gasteiger partial charge in [0.25, 0.3) is 5.69 Å². The molecular formula is C37H27ClFN3O7. The van der Waals surface area contributed by atoms with Gasteiger partial charge in [-0.1, -0.05) is 59.6 Å². The van der Waals surface area contributed by atoms with Gasteiger partial charge in [0, 0.05) is 29.0 Å². The predicted molar refractivity (Wildman–Crippen MR) is 177 cm³/mol. The highest BCUT2D eigenvalue weighted by Crippen LogP contribution is 2.64. The first-order chi connectivity index (χ1) is 23.4. The number of benzene rings is 4. The van der Waals surface area contributed by atoms with Crippen molar-refractivity contribution in [2.45, 2.75) is 25.7 Å². The van der Waals surface area contributed by atoms with Crippen LogP contribution >= 0.6 is 11.6 Å². The Kier molecular flexibility index (Phi) is 6.80. The third kappa shape index (κ3) is 4.24. The summed E-state index contributed by atoms with van der Waals surface area (Å²) in [6.07, 6.45) is 2.11. The number of hydrogen-bond acceptors (Lipinski definition) is 7. The molecule has 0 spiro atoms. The van der Waals surface area contributed by atoms with Crippen molar-refractivity contribution in [3.63, 3.8) is 0 Å². The number of carbonyl (C=O) groups excluding carboxylic acids is 4. The molecule has 246 valence electrons. The van der Waals surface area contributed by atoms with Gasteiger partial charge in [0.15, 0.2) is 0 Å². The van der Waals surface area contributed by atoms with Crippen LogP contribution in [-0.2, 0) is 19.2 Å². The molecule has 2 aliphatic heterocycles. The lowest BCUT2D eigenvalue weighted by atomic mass is 9.51. The standard InChI is InChI=1S/C37H27ClFN3O7/c1-37-27(34(45)41(36(37)47)21-11-15-29(39)28(38)16-21)17-26-23(31(37)25-12-6-18-4-2-3-5-22(18)32(25)43)13-14-24-30(26)35(46)40(33(24)44)19-7-9-20(10-8-19)42(48)49/h2-13,15-16,24,26-27,30-31,43H,14,17H2,1H3/t24-,26+,27-,30-,31+,37+/m0/s1. The number of aromatic hydroxyl groups is 1. The molecular weight excluding hydrogens is 653 g/mol. The van der Waals surface area contributed by atoms with E-state index in [1.165, 1.54) is 36.4 Å². The number of amides is 4. The molecule has 8 rings (SSSR count). The molecule has 6 atom stereocenters. The maximum atomic E-state index is 14.6. The Labute approximate surface area is 283 Å². The van der Waals surface area contributed by atoms with Crippen LogP contribution in [0.1, 0.15) is 31.2 Å². The highest BCUT2D eigenvalue weighted by molar-refractivity contribution is 6.32. The van der Waals surface area contributed by atoms with Crippen molar-refractivity contribution in [3.8, 4) is 5.75 Å². The molecule has 12 heteroatoms. The number of halogens is 2. The fourth-order valence-electron chi connectivity index (χ4n) is 8.71. The average molecular weight is 680 g/mol. The van der Waals surface area contributed by atoms with E-state index in [0.717, 1.165) is 21.3 Å². The van der Waals surface area contributed by atoms with E-state index in [0.29, 0.717) is 16.5 Å². The Bertz CT molecular complexity index is 2200. The number of nitrogens with zero attached hydrogens (tertiary/aromatic N) is 3. The second-order valence-corrected chi connectivity index (χ2v) is 13.7. The van der Waals surface area contributed by atoms with Crippen LogP contribution in [0.4, 0.5) is 21.5 Å². The molecule has 2 saturated heterocycles. The maximum absolute atomic E-state index is 14.6. The first kappa shape index (κ1) is 30.9. The number of phenols is 1. The van der Waals surface area contributed by atoms with Crippen LogP contribution in [0.5, 0.6) is 5.75 Å². The van der Waals surface area contributed by atoms with Crippen molar-refractivity contribution in [3.05, 3.63) is 117 Å². The van der Waals surface area contributed by atoms with Crippen molar-refractivity contribution < 1.29 is 33.6 Å². The largest absolute Gasteiger partial charge is 0.507 e. The topological polar surface area (TPSA) is 138 Å². The van der Waals surface area contributed by atoms with Gasteiger partial charge < -0.3 is 5.11 Å². The fraction of sp³-hybridized carbons (Fsp3) is 0.243. The summed E-state index contributed by atoms with van der Waals surface area (Å²) < 4.78 is 14.2. The zero-order valence-electron chi connectivity index (χ0n) is 25.9. The number of rotatable bonds is 4. The Hall–Kier alpha value is -5.42. The summed E-state index contributed by atoms with van der Waals surface area (Å²) in [4.78, 5) is 69.8. The molecule has 4 aromatic rings. The summed E-state index contributed by atoms with van der Waals surface area (Å²) in [6, 6.07) is 19.6. The van der Waals surface area contributed by atoms with Crippen molar-refractivity contribution in [2.75, 3.05) is 9.80 Å². The van der Waals surface area contributed by atoms with E-state index in [-0.39, 0.29) is 40.7 Å². The molecule has 0 unspecified atom stereocenters. The minimum Gasteiger partial charge on any atom is -0.507 e. The summed E-state index contributed by atoms with van der Waals surface area (Å²) in [5, 5.41) is 24.1. The molecule has 1 N–H and O–H groups in total. The third-order valence-corrected chi connectivity index (χ3v) is 11.3. The molecule has 4 amide bonds. The average Bonchev–Trinajstić information content (AvgIpc) is 3.46. The number of allylic oxidation sites excluding steroid dienone is 2. The predicted octanol–water partition coefficient (Wildman–Crippen LogP) is 6.68. The van der Waals surface area contributed by atoms with Gasteiger partial charge in [-0.25, -0.2) is 9.29 Å². The molecule has 0 bridgehead atoms. The number of anilines is 2. The van der Waals surface area contributed by atoms with Crippen LogP contribution in [0.25, 0.3) is 10.8 Å². The number of carbonyl (C=O) groups is 4. The first-order valence-electron chi connectivity index (χ1n) is 15.8. The maximum Gasteiger partial charge on any atom is 0.269 e. The van der Waals surface area contributed by atoms with Gasteiger partial charge in [-0.2, -0.15) is 0 Å². The van der Waals surface area contributed by atoms with Gasteiger partial charge in [0.05, 0.1) is 44.5 Å². The van der Waals surface area contributed by atoms with E-state index in [9.17, 15) is 38.8 Å². The molecule has 0 aromatic heterocycles. The molecule has 2 aliphatic carbocycles. The molecule has 2 heterocycles. The van der Waals surface area contributed by atoms with Gasteiger partial charge in [0.2, 0.25) is 23.6 Å². The van der Waals surface area contributed by atoms with E-state index in [4.69, 9.17) is 11.6 Å². The summed E-state index contributed by atoms with van der Waals surface area (Å²) >= 11 is 6.08. The molecule has 49 heavy (non-hydrogen) atoms. The highest BCUT2D eigenvalue weighted by Gasteiger charge is 2.68. The van der Waals surface area contributed by atoms with Crippen LogP contribution in [0.15, 0.2) is 90.5 Å². The number of nitro groups is 1. The number of hydrogen-bond donors (Lipinski definition) is 1. The van der Waals surface area contributed by atoms with E-state index in [1.807, 2.05) is 24.3 Å². The number of phenolic OH excluding ortho intramolecular Hbond substituents is 1. The van der Waals surface area contributed by atoms with Crippen molar-refractivity contribution >= 4 is 63.1 Å². The lowest BCUT2D eigenvalue weighted by Gasteiger charge is -2.49. The van der Waals surface area contributed by atoms with Gasteiger partial charge >= 0.3 is 0 Å². The van der Waals surface area contributed by atoms with Crippen LogP contribution in [0.2, 0.25) is 5.02 Å². The number of nitro benzene ring substituents is 1. The van der Waals surface area contributed by atoms with Crippen LogP contribution < -0.4 is 9.80 Å². The number of fused-ring (bicyclic) bond motifs is 5. The summed E-state index contributed by atoms with van der Waals surface area (Å²) in [6.45, 7) is 1.69. The van der Waals surface area contributed by atoms with Crippen LogP contribution in [0, 0.1) is 45.0 Å². The molecule has 4 aliphatic rings. The minimum absolute atomic E-state index is 0.0587. The fourth-order valence-corrected chi connectivity index (χ4v) is 8.89. The van der Waals surface area contributed by atoms with Gasteiger partial charge in [0.1, 0.15) is 11.6 Å². The number of non-ortho nitro benzene ring substituents is 1. The normalized spacial score (nSPS) is 27.7. The SMILES string of the molecule is C[C@@]12C(=O)N(c3ccc(F)c(Cl)c3)C(=O)[C@@H]1C[C@@H]1C(=CC[C@@H]3C(=O)N(c4ccc([N+](=O)[O-])cc4)C(=O)[C@@H]31)[C@@H]2c1ccc2ccccc2c1O. The van der Waals surface area contributed by atoms with Gasteiger partial charge in [-0.3, -0.25) is 34.2 Å². The third-order valence-electron chi connectivity index (χ3n) is 11.0. The second kappa shape index (κ2) is 10.8. The van der Waals surface area contributed by atoms with Crippen LogP contribution in [-0.4, -0.2) is 33.7 Å². The Morgan fingerprint density at radius 2 is 1.61 bits per heavy atom. The smallest absolute Gasteiger partial charge is 0.269 e. The lowest BCUT2D eigenvalue weighted by molar-refractivity contribution is -0.384. The zero-order chi connectivity index (χ0) is 34.5. The quantitative estimate of drug-likeness (QED) is 0.110. The molecule has 4 aromatic carbocycles. The van der Waals surface area contributed by atoms with Gasteiger partial charge in [-0.05, 0) is 61.4 Å². The molecule has 0 radical (unpaired) electrons. The monoisotopic (exact) mass is 679 g/mol. The van der Waals surface area contributed by atoms with Crippen molar-refractivity contribution in [2.24, 2.45) is 29.1 Å². The Morgan fingerprint density at radius 3 is 2.33 bits per heavy atom. The number of imide groups is 2. The summed E-state index contributed by atoms with van der Waals surface area (Å²) in [5.74, 6) is -6.95. The summed E-state index contributed by atoms with van der Waals surface area (Å²) in [5.41, 5.74) is -0.235. The second-order valence-electron chi connectivity index (χ2n) is 13.3.